The maximum atomic E-state index is 12.7. The molecule has 5 rings (SSSR count). The van der Waals surface area contributed by atoms with Gasteiger partial charge in [0.05, 0.1) is 11.4 Å². The van der Waals surface area contributed by atoms with Crippen LogP contribution in [-0.2, 0) is 6.42 Å². The van der Waals surface area contributed by atoms with Crippen molar-refractivity contribution < 1.29 is 0 Å². The van der Waals surface area contributed by atoms with Crippen molar-refractivity contribution >= 4 is 28.8 Å². The minimum absolute atomic E-state index is 0.191. The zero-order valence-corrected chi connectivity index (χ0v) is 18.8. The molecule has 0 spiro atoms. The standard InChI is InChI=1S/C26H19Cl2N3O/c1-16-13-20(28)11-12-21(16)23-15-24(32)29-26-25(18-7-9-19(27)10-8-18)22(30-31(23)26)14-17-5-3-2-4-6-17/h2-13,15H,14H2,1H3,(H,29,32). The number of H-pyrrole nitrogens is 1. The summed E-state index contributed by atoms with van der Waals surface area (Å²) in [7, 11) is 0. The van der Waals surface area contributed by atoms with Gasteiger partial charge in [0.2, 0.25) is 0 Å². The van der Waals surface area contributed by atoms with E-state index in [0.29, 0.717) is 27.8 Å². The highest BCUT2D eigenvalue weighted by molar-refractivity contribution is 6.31. The van der Waals surface area contributed by atoms with Crippen LogP contribution in [0.4, 0.5) is 0 Å². The fourth-order valence-corrected chi connectivity index (χ4v) is 4.38. The Balaban J connectivity index is 1.81. The van der Waals surface area contributed by atoms with Gasteiger partial charge in [-0.25, -0.2) is 4.52 Å². The molecule has 0 aliphatic carbocycles. The zero-order chi connectivity index (χ0) is 22.2. The summed E-state index contributed by atoms with van der Waals surface area (Å²) in [5.41, 5.74) is 6.88. The number of hydrogen-bond acceptors (Lipinski definition) is 2. The third-order valence-electron chi connectivity index (χ3n) is 5.51. The fraction of sp³-hybridized carbons (Fsp3) is 0.0769. The van der Waals surface area contributed by atoms with Crippen LogP contribution >= 0.6 is 23.2 Å². The van der Waals surface area contributed by atoms with Crippen LogP contribution < -0.4 is 5.56 Å². The third-order valence-corrected chi connectivity index (χ3v) is 5.99. The van der Waals surface area contributed by atoms with E-state index < -0.39 is 0 Å². The predicted molar refractivity (Wildman–Crippen MR) is 131 cm³/mol. The zero-order valence-electron chi connectivity index (χ0n) is 17.3. The van der Waals surface area contributed by atoms with Gasteiger partial charge in [-0.1, -0.05) is 71.7 Å². The summed E-state index contributed by atoms with van der Waals surface area (Å²) in [5, 5.41) is 6.27. The average Bonchev–Trinajstić information content (AvgIpc) is 3.12. The molecule has 4 nitrogen and oxygen atoms in total. The van der Waals surface area contributed by atoms with Gasteiger partial charge < -0.3 is 4.98 Å². The molecule has 0 atom stereocenters. The normalized spacial score (nSPS) is 11.2. The van der Waals surface area contributed by atoms with E-state index in [1.165, 1.54) is 0 Å². The van der Waals surface area contributed by atoms with Gasteiger partial charge in [0, 0.05) is 33.7 Å². The quantitative estimate of drug-likeness (QED) is 0.330. The van der Waals surface area contributed by atoms with E-state index in [9.17, 15) is 4.79 Å². The topological polar surface area (TPSA) is 50.2 Å². The number of fused-ring (bicyclic) bond motifs is 1. The number of halogens is 2. The van der Waals surface area contributed by atoms with Gasteiger partial charge in [-0.15, -0.1) is 0 Å². The summed E-state index contributed by atoms with van der Waals surface area (Å²) in [6, 6.07) is 25.0. The van der Waals surface area contributed by atoms with Crippen LogP contribution in [0.15, 0.2) is 83.7 Å². The molecule has 0 saturated carbocycles. The van der Waals surface area contributed by atoms with Crippen LogP contribution in [0.1, 0.15) is 16.8 Å². The number of nitrogens with zero attached hydrogens (tertiary/aromatic N) is 2. The van der Waals surface area contributed by atoms with E-state index in [2.05, 4.69) is 17.1 Å². The molecule has 0 aliphatic rings. The Morgan fingerprint density at radius 2 is 1.62 bits per heavy atom. The van der Waals surface area contributed by atoms with Crippen molar-refractivity contribution in [2.24, 2.45) is 0 Å². The highest BCUT2D eigenvalue weighted by Crippen LogP contribution is 2.33. The smallest absolute Gasteiger partial charge is 0.251 e. The minimum atomic E-state index is -0.191. The summed E-state index contributed by atoms with van der Waals surface area (Å²) in [6.45, 7) is 1.97. The summed E-state index contributed by atoms with van der Waals surface area (Å²) in [6.07, 6.45) is 0.627. The summed E-state index contributed by atoms with van der Waals surface area (Å²) < 4.78 is 1.82. The number of rotatable bonds is 4. The first-order valence-corrected chi connectivity index (χ1v) is 11.0. The summed E-state index contributed by atoms with van der Waals surface area (Å²) in [4.78, 5) is 15.7. The first kappa shape index (κ1) is 20.6. The monoisotopic (exact) mass is 459 g/mol. The van der Waals surface area contributed by atoms with Gasteiger partial charge in [0.25, 0.3) is 5.56 Å². The third kappa shape index (κ3) is 3.83. The van der Waals surface area contributed by atoms with Crippen LogP contribution in [0.5, 0.6) is 0 Å². The second kappa shape index (κ2) is 8.30. The largest absolute Gasteiger partial charge is 0.306 e. The molecule has 6 heteroatoms. The molecule has 1 N–H and O–H groups in total. The van der Waals surface area contributed by atoms with Gasteiger partial charge >= 0.3 is 0 Å². The van der Waals surface area contributed by atoms with Crippen molar-refractivity contribution in [3.63, 3.8) is 0 Å². The number of aromatic amines is 1. The SMILES string of the molecule is Cc1cc(Cl)ccc1-c1cc(=O)[nH]c2c(-c3ccc(Cl)cc3)c(Cc3ccccc3)nn12. The lowest BCUT2D eigenvalue weighted by atomic mass is 10.0. The van der Waals surface area contributed by atoms with Crippen molar-refractivity contribution in [2.75, 3.05) is 0 Å². The van der Waals surface area contributed by atoms with Gasteiger partial charge in [-0.3, -0.25) is 4.79 Å². The minimum Gasteiger partial charge on any atom is -0.306 e. The van der Waals surface area contributed by atoms with Crippen molar-refractivity contribution in [2.45, 2.75) is 13.3 Å². The molecule has 0 radical (unpaired) electrons. The van der Waals surface area contributed by atoms with E-state index in [1.807, 2.05) is 72.1 Å². The molecule has 158 valence electrons. The number of nitrogens with one attached hydrogen (secondary N) is 1. The molecule has 32 heavy (non-hydrogen) atoms. The highest BCUT2D eigenvalue weighted by Gasteiger charge is 2.20. The lowest BCUT2D eigenvalue weighted by Gasteiger charge is -2.09. The lowest BCUT2D eigenvalue weighted by Crippen LogP contribution is -2.10. The van der Waals surface area contributed by atoms with Crippen molar-refractivity contribution in [1.29, 1.82) is 0 Å². The average molecular weight is 460 g/mol. The Hall–Kier alpha value is -3.34. The van der Waals surface area contributed by atoms with E-state index in [4.69, 9.17) is 28.3 Å². The van der Waals surface area contributed by atoms with E-state index >= 15 is 0 Å². The number of hydrogen-bond donors (Lipinski definition) is 1. The molecule has 0 saturated heterocycles. The molecule has 0 unspecified atom stereocenters. The molecular formula is C26H19Cl2N3O. The number of benzene rings is 3. The van der Waals surface area contributed by atoms with Crippen LogP contribution in [0, 0.1) is 6.92 Å². The second-order valence-corrected chi connectivity index (χ2v) is 8.60. The Kier molecular flexibility index (Phi) is 5.33. The van der Waals surface area contributed by atoms with Gasteiger partial charge in [-0.2, -0.15) is 5.10 Å². The van der Waals surface area contributed by atoms with Gasteiger partial charge in [0.15, 0.2) is 0 Å². The molecular weight excluding hydrogens is 441 g/mol. The molecule has 5 aromatic rings. The molecule has 0 bridgehead atoms. The molecule has 2 heterocycles. The maximum absolute atomic E-state index is 12.7. The molecule has 3 aromatic carbocycles. The fourth-order valence-electron chi connectivity index (χ4n) is 4.03. The van der Waals surface area contributed by atoms with Crippen molar-refractivity contribution in [1.82, 2.24) is 14.6 Å². The maximum Gasteiger partial charge on any atom is 0.251 e. The van der Waals surface area contributed by atoms with E-state index in [0.717, 1.165) is 33.5 Å². The molecule has 0 fully saturated rings. The van der Waals surface area contributed by atoms with Crippen molar-refractivity contribution in [3.05, 3.63) is 116 Å². The summed E-state index contributed by atoms with van der Waals surface area (Å²) in [5.74, 6) is 0. The second-order valence-electron chi connectivity index (χ2n) is 7.73. The number of aromatic nitrogens is 3. The summed E-state index contributed by atoms with van der Waals surface area (Å²) >= 11 is 12.3. The first-order valence-electron chi connectivity index (χ1n) is 10.2. The lowest BCUT2D eigenvalue weighted by molar-refractivity contribution is 0.898. The predicted octanol–water partition coefficient (Wildman–Crippen LogP) is 6.56. The first-order chi connectivity index (χ1) is 15.5. The van der Waals surface area contributed by atoms with Crippen molar-refractivity contribution in [3.8, 4) is 22.4 Å². The van der Waals surface area contributed by atoms with Gasteiger partial charge in [0.1, 0.15) is 5.65 Å². The van der Waals surface area contributed by atoms with Crippen LogP contribution in [0.2, 0.25) is 10.0 Å². The van der Waals surface area contributed by atoms with Gasteiger partial charge in [-0.05, 0) is 47.9 Å². The van der Waals surface area contributed by atoms with E-state index in [-0.39, 0.29) is 5.56 Å². The highest BCUT2D eigenvalue weighted by atomic mass is 35.5. The Morgan fingerprint density at radius 3 is 2.34 bits per heavy atom. The van der Waals surface area contributed by atoms with Crippen LogP contribution in [0.3, 0.4) is 0 Å². The van der Waals surface area contributed by atoms with E-state index in [1.54, 1.807) is 6.07 Å². The Morgan fingerprint density at radius 1 is 0.906 bits per heavy atom. The molecule has 0 amide bonds. The number of aryl methyl sites for hydroxylation is 1. The van der Waals surface area contributed by atoms with Crippen LogP contribution in [0.25, 0.3) is 28.0 Å². The Labute approximate surface area is 195 Å². The molecule has 0 aliphatic heterocycles. The molecule has 2 aromatic heterocycles. The Bertz CT molecular complexity index is 1490. The van der Waals surface area contributed by atoms with Crippen LogP contribution in [-0.4, -0.2) is 14.6 Å².